The van der Waals surface area contributed by atoms with E-state index in [0.717, 1.165) is 4.90 Å². The monoisotopic (exact) mass is 331 g/mol. The second-order valence-electron chi connectivity index (χ2n) is 5.17. The zero-order chi connectivity index (χ0) is 15.9. The van der Waals surface area contributed by atoms with Crippen molar-refractivity contribution in [3.8, 4) is 0 Å². The van der Waals surface area contributed by atoms with Crippen molar-refractivity contribution in [1.29, 1.82) is 0 Å². The number of rotatable bonds is 8. The number of carbonyl (C=O) groups excluding carboxylic acids is 1. The third-order valence-corrected chi connectivity index (χ3v) is 4.35. The van der Waals surface area contributed by atoms with E-state index in [-0.39, 0.29) is 17.7 Å². The van der Waals surface area contributed by atoms with Crippen molar-refractivity contribution in [2.75, 3.05) is 20.3 Å². The van der Waals surface area contributed by atoms with Crippen LogP contribution in [-0.2, 0) is 9.53 Å². The Balaban J connectivity index is 2.42. The molecule has 1 aromatic carbocycles. The molecule has 2 atom stereocenters. The Morgan fingerprint density at radius 1 is 1.48 bits per heavy atom. The molecular formula is C15H22ClNO3S. The summed E-state index contributed by atoms with van der Waals surface area (Å²) < 4.78 is 4.93. The van der Waals surface area contributed by atoms with Crippen LogP contribution in [0.2, 0.25) is 5.02 Å². The lowest BCUT2D eigenvalue weighted by Gasteiger charge is -2.24. The second-order valence-corrected chi connectivity index (χ2v) is 7.02. The lowest BCUT2D eigenvalue weighted by Crippen LogP contribution is -2.43. The van der Waals surface area contributed by atoms with E-state index in [0.29, 0.717) is 18.1 Å². The van der Waals surface area contributed by atoms with Crippen molar-refractivity contribution >= 4 is 29.3 Å². The van der Waals surface area contributed by atoms with Crippen LogP contribution in [0.15, 0.2) is 29.2 Å². The van der Waals surface area contributed by atoms with E-state index in [1.165, 1.54) is 11.8 Å². The molecule has 0 saturated heterocycles. The molecule has 0 aliphatic heterocycles. The first-order valence-corrected chi connectivity index (χ1v) is 8.01. The van der Waals surface area contributed by atoms with Crippen molar-refractivity contribution in [3.63, 3.8) is 0 Å². The van der Waals surface area contributed by atoms with Crippen molar-refractivity contribution in [2.45, 2.75) is 36.0 Å². The van der Waals surface area contributed by atoms with Crippen LogP contribution in [0.4, 0.5) is 0 Å². The lowest BCUT2D eigenvalue weighted by molar-refractivity contribution is -0.121. The van der Waals surface area contributed by atoms with Crippen LogP contribution in [0.3, 0.4) is 0 Å². The number of amides is 1. The summed E-state index contributed by atoms with van der Waals surface area (Å²) in [5, 5.41) is 13.3. The molecule has 0 bridgehead atoms. The minimum absolute atomic E-state index is 0.104. The van der Waals surface area contributed by atoms with Gasteiger partial charge in [-0.05, 0) is 38.1 Å². The zero-order valence-electron chi connectivity index (χ0n) is 12.6. The molecule has 0 aliphatic rings. The molecule has 0 heterocycles. The molecule has 0 spiro atoms. The molecule has 4 nitrogen and oxygen atoms in total. The molecule has 0 fully saturated rings. The number of benzene rings is 1. The summed E-state index contributed by atoms with van der Waals surface area (Å²) in [6.45, 7) is 4.18. The highest BCUT2D eigenvalue weighted by Crippen LogP contribution is 2.24. The molecule has 21 heavy (non-hydrogen) atoms. The Labute approximate surface area is 135 Å². The van der Waals surface area contributed by atoms with E-state index in [1.54, 1.807) is 26.2 Å². The van der Waals surface area contributed by atoms with E-state index in [1.807, 2.05) is 19.1 Å². The second kappa shape index (κ2) is 8.63. The van der Waals surface area contributed by atoms with Crippen molar-refractivity contribution in [1.82, 2.24) is 5.32 Å². The smallest absolute Gasteiger partial charge is 0.233 e. The molecule has 2 unspecified atom stereocenters. The molecule has 6 heteroatoms. The van der Waals surface area contributed by atoms with Gasteiger partial charge in [0.1, 0.15) is 0 Å². The zero-order valence-corrected chi connectivity index (χ0v) is 14.1. The van der Waals surface area contributed by atoms with Gasteiger partial charge in [-0.1, -0.05) is 11.6 Å². The van der Waals surface area contributed by atoms with Gasteiger partial charge in [0.05, 0.1) is 10.9 Å². The number of ether oxygens (including phenoxy) is 1. The summed E-state index contributed by atoms with van der Waals surface area (Å²) in [6, 6.07) is 7.35. The summed E-state index contributed by atoms with van der Waals surface area (Å²) in [7, 11) is 1.58. The topological polar surface area (TPSA) is 58.6 Å². The predicted octanol–water partition coefficient (Wildman–Crippen LogP) is 2.72. The third-order valence-electron chi connectivity index (χ3n) is 2.98. The summed E-state index contributed by atoms with van der Waals surface area (Å²) in [6.07, 6.45) is 0.475. The van der Waals surface area contributed by atoms with Gasteiger partial charge < -0.3 is 15.2 Å². The van der Waals surface area contributed by atoms with E-state index >= 15 is 0 Å². The quantitative estimate of drug-likeness (QED) is 0.719. The molecule has 1 aromatic rings. The van der Waals surface area contributed by atoms with Crippen LogP contribution in [0.5, 0.6) is 0 Å². The van der Waals surface area contributed by atoms with Gasteiger partial charge in [0.25, 0.3) is 0 Å². The molecule has 1 rings (SSSR count). The number of thioether (sulfide) groups is 1. The molecule has 118 valence electrons. The molecule has 0 aliphatic carbocycles. The first-order valence-electron chi connectivity index (χ1n) is 6.75. The van der Waals surface area contributed by atoms with Crippen molar-refractivity contribution in [3.05, 3.63) is 29.3 Å². The van der Waals surface area contributed by atoms with Gasteiger partial charge in [-0.2, -0.15) is 0 Å². The Kier molecular flexibility index (Phi) is 7.52. The molecule has 0 radical (unpaired) electrons. The number of aliphatic hydroxyl groups is 1. The molecular weight excluding hydrogens is 310 g/mol. The van der Waals surface area contributed by atoms with E-state index in [9.17, 15) is 9.90 Å². The van der Waals surface area contributed by atoms with Gasteiger partial charge in [0.2, 0.25) is 5.91 Å². The normalized spacial score (nSPS) is 15.3. The maximum absolute atomic E-state index is 12.0. The molecule has 0 saturated carbocycles. The van der Waals surface area contributed by atoms with Gasteiger partial charge in [-0.15, -0.1) is 11.8 Å². The third kappa shape index (κ3) is 7.18. The fraction of sp³-hybridized carbons (Fsp3) is 0.533. The van der Waals surface area contributed by atoms with Crippen LogP contribution in [-0.4, -0.2) is 42.1 Å². The first kappa shape index (κ1) is 18.3. The van der Waals surface area contributed by atoms with Crippen LogP contribution in [0, 0.1) is 0 Å². The van der Waals surface area contributed by atoms with E-state index in [2.05, 4.69) is 5.32 Å². The standard InChI is InChI=1S/C15H22ClNO3S/c1-11(21-13-6-4-12(16)5-7-13)14(18)17-10-15(2,19)8-9-20-3/h4-7,11,19H,8-10H2,1-3H3,(H,17,18). The van der Waals surface area contributed by atoms with Gasteiger partial charge in [0, 0.05) is 36.6 Å². The van der Waals surface area contributed by atoms with Crippen molar-refractivity contribution in [2.24, 2.45) is 0 Å². The number of carbonyl (C=O) groups is 1. The first-order chi connectivity index (χ1) is 9.84. The van der Waals surface area contributed by atoms with E-state index < -0.39 is 5.60 Å². The lowest BCUT2D eigenvalue weighted by atomic mass is 10.0. The van der Waals surface area contributed by atoms with E-state index in [4.69, 9.17) is 16.3 Å². The summed E-state index contributed by atoms with van der Waals surface area (Å²) in [4.78, 5) is 13.0. The average Bonchev–Trinajstić information content (AvgIpc) is 2.45. The summed E-state index contributed by atoms with van der Waals surface area (Å²) >= 11 is 7.28. The summed E-state index contributed by atoms with van der Waals surface area (Å²) in [5.74, 6) is -0.104. The number of hydrogen-bond acceptors (Lipinski definition) is 4. The highest BCUT2D eigenvalue weighted by molar-refractivity contribution is 8.00. The van der Waals surface area contributed by atoms with Gasteiger partial charge in [-0.25, -0.2) is 0 Å². The number of halogens is 1. The maximum Gasteiger partial charge on any atom is 0.233 e. The van der Waals surface area contributed by atoms with Gasteiger partial charge in [-0.3, -0.25) is 4.79 Å². The van der Waals surface area contributed by atoms with Crippen molar-refractivity contribution < 1.29 is 14.6 Å². The molecule has 2 N–H and O–H groups in total. The molecule has 1 amide bonds. The van der Waals surface area contributed by atoms with Gasteiger partial charge >= 0.3 is 0 Å². The van der Waals surface area contributed by atoms with Gasteiger partial charge in [0.15, 0.2) is 0 Å². The molecule has 0 aromatic heterocycles. The fourth-order valence-corrected chi connectivity index (χ4v) is 2.62. The number of nitrogens with one attached hydrogen (secondary N) is 1. The minimum Gasteiger partial charge on any atom is -0.388 e. The Hall–Kier alpha value is -0.750. The SMILES string of the molecule is COCCC(C)(O)CNC(=O)C(C)Sc1ccc(Cl)cc1. The summed E-state index contributed by atoms with van der Waals surface area (Å²) in [5.41, 5.74) is -0.962. The largest absolute Gasteiger partial charge is 0.388 e. The fourth-order valence-electron chi connectivity index (χ4n) is 1.60. The highest BCUT2D eigenvalue weighted by Gasteiger charge is 2.22. The van der Waals surface area contributed by atoms with Crippen LogP contribution < -0.4 is 5.32 Å². The minimum atomic E-state index is -0.962. The Bertz CT molecular complexity index is 451. The maximum atomic E-state index is 12.0. The van der Waals surface area contributed by atoms with Crippen LogP contribution in [0.25, 0.3) is 0 Å². The van der Waals surface area contributed by atoms with Crippen LogP contribution >= 0.6 is 23.4 Å². The average molecular weight is 332 g/mol. The predicted molar refractivity (Wildman–Crippen MR) is 86.9 cm³/mol. The van der Waals surface area contributed by atoms with Crippen LogP contribution in [0.1, 0.15) is 20.3 Å². The number of hydrogen-bond donors (Lipinski definition) is 2. The highest BCUT2D eigenvalue weighted by atomic mass is 35.5. The Morgan fingerprint density at radius 3 is 2.67 bits per heavy atom. The Morgan fingerprint density at radius 2 is 2.10 bits per heavy atom. The number of methoxy groups -OCH3 is 1.